The van der Waals surface area contributed by atoms with Crippen LogP contribution < -0.4 is 5.32 Å². The SMILES string of the molecule is Cn1cccc1CN1CCC2(CC1)C(=O)NCN2Cc1ccc(Cl)cc1. The number of rotatable bonds is 4. The van der Waals surface area contributed by atoms with Crippen LogP contribution in [0.3, 0.4) is 0 Å². The van der Waals surface area contributed by atoms with Gasteiger partial charge in [0.05, 0.1) is 6.67 Å². The lowest BCUT2D eigenvalue weighted by molar-refractivity contribution is -0.129. The number of piperidine rings is 1. The molecule has 2 fully saturated rings. The van der Waals surface area contributed by atoms with E-state index in [0.29, 0.717) is 6.67 Å². The van der Waals surface area contributed by atoms with Gasteiger partial charge in [-0.1, -0.05) is 23.7 Å². The van der Waals surface area contributed by atoms with Crippen LogP contribution in [-0.4, -0.2) is 45.6 Å². The first-order valence-electron chi connectivity index (χ1n) is 9.17. The van der Waals surface area contributed by atoms with Crippen molar-refractivity contribution in [2.45, 2.75) is 31.5 Å². The first-order valence-corrected chi connectivity index (χ1v) is 9.55. The molecule has 2 aromatic rings. The van der Waals surface area contributed by atoms with Gasteiger partial charge in [-0.25, -0.2) is 0 Å². The van der Waals surface area contributed by atoms with Gasteiger partial charge in [0, 0.05) is 50.1 Å². The van der Waals surface area contributed by atoms with E-state index in [1.54, 1.807) is 0 Å². The lowest BCUT2D eigenvalue weighted by Gasteiger charge is -2.42. The van der Waals surface area contributed by atoms with Crippen LogP contribution in [0.2, 0.25) is 5.02 Å². The summed E-state index contributed by atoms with van der Waals surface area (Å²) in [6.45, 7) is 4.22. The Balaban J connectivity index is 1.43. The minimum Gasteiger partial charge on any atom is -0.353 e. The Morgan fingerprint density at radius 1 is 1.12 bits per heavy atom. The zero-order chi connectivity index (χ0) is 18.1. The van der Waals surface area contributed by atoms with Gasteiger partial charge in [0.25, 0.3) is 0 Å². The Morgan fingerprint density at radius 3 is 2.50 bits per heavy atom. The molecule has 0 aliphatic carbocycles. The van der Waals surface area contributed by atoms with Crippen LogP contribution in [0.1, 0.15) is 24.1 Å². The van der Waals surface area contributed by atoms with Gasteiger partial charge in [0.1, 0.15) is 5.54 Å². The third-order valence-corrected chi connectivity index (χ3v) is 6.12. The van der Waals surface area contributed by atoms with Gasteiger partial charge in [-0.15, -0.1) is 0 Å². The smallest absolute Gasteiger partial charge is 0.241 e. The number of nitrogens with one attached hydrogen (secondary N) is 1. The summed E-state index contributed by atoms with van der Waals surface area (Å²) < 4.78 is 2.17. The largest absolute Gasteiger partial charge is 0.353 e. The number of hydrogen-bond donors (Lipinski definition) is 1. The lowest BCUT2D eigenvalue weighted by Crippen LogP contribution is -2.55. The Morgan fingerprint density at radius 2 is 1.85 bits per heavy atom. The van der Waals surface area contributed by atoms with E-state index < -0.39 is 0 Å². The standard InChI is InChI=1S/C20H25ClN4O/c1-23-10-2-3-18(23)14-24-11-8-20(9-12-24)19(26)22-15-25(20)13-16-4-6-17(21)7-5-16/h2-7,10H,8-9,11-15H2,1H3,(H,22,26). The van der Waals surface area contributed by atoms with Crippen molar-refractivity contribution in [3.8, 4) is 0 Å². The number of aromatic nitrogens is 1. The summed E-state index contributed by atoms with van der Waals surface area (Å²) in [5, 5.41) is 3.81. The molecule has 0 unspecified atom stereocenters. The molecule has 2 saturated heterocycles. The molecule has 2 aliphatic heterocycles. The van der Waals surface area contributed by atoms with Crippen molar-refractivity contribution >= 4 is 17.5 Å². The molecule has 1 amide bonds. The fraction of sp³-hybridized carbons (Fsp3) is 0.450. The zero-order valence-electron chi connectivity index (χ0n) is 15.1. The van der Waals surface area contributed by atoms with Gasteiger partial charge >= 0.3 is 0 Å². The molecule has 26 heavy (non-hydrogen) atoms. The first kappa shape index (κ1) is 17.6. The predicted molar refractivity (Wildman–Crippen MR) is 103 cm³/mol. The average Bonchev–Trinajstić information content (AvgIpc) is 3.17. The zero-order valence-corrected chi connectivity index (χ0v) is 15.9. The normalized spacial score (nSPS) is 20.6. The third-order valence-electron chi connectivity index (χ3n) is 5.87. The maximum Gasteiger partial charge on any atom is 0.241 e. The summed E-state index contributed by atoms with van der Waals surface area (Å²) in [4.78, 5) is 17.4. The van der Waals surface area contributed by atoms with E-state index in [2.05, 4.69) is 45.1 Å². The molecule has 1 spiro atoms. The summed E-state index contributed by atoms with van der Waals surface area (Å²) in [7, 11) is 2.08. The van der Waals surface area contributed by atoms with E-state index >= 15 is 0 Å². The number of carbonyl (C=O) groups excluding carboxylic acids is 1. The van der Waals surface area contributed by atoms with E-state index in [1.165, 1.54) is 11.3 Å². The molecule has 6 heteroatoms. The van der Waals surface area contributed by atoms with Gasteiger partial charge in [-0.2, -0.15) is 0 Å². The van der Waals surface area contributed by atoms with E-state index in [9.17, 15) is 4.79 Å². The van der Waals surface area contributed by atoms with E-state index in [0.717, 1.165) is 44.0 Å². The minimum atomic E-state index is -0.371. The second kappa shape index (κ2) is 7.06. The molecule has 1 aromatic carbocycles. The number of hydrogen-bond acceptors (Lipinski definition) is 3. The highest BCUT2D eigenvalue weighted by Crippen LogP contribution is 2.34. The monoisotopic (exact) mass is 372 g/mol. The van der Waals surface area contributed by atoms with E-state index in [4.69, 9.17) is 11.6 Å². The molecule has 2 aliphatic rings. The molecular formula is C20H25ClN4O. The van der Waals surface area contributed by atoms with Gasteiger partial charge in [-0.05, 0) is 42.7 Å². The van der Waals surface area contributed by atoms with Crippen LogP contribution in [0.15, 0.2) is 42.6 Å². The van der Waals surface area contributed by atoms with Gasteiger partial charge < -0.3 is 9.88 Å². The van der Waals surface area contributed by atoms with Gasteiger partial charge in [0.2, 0.25) is 5.91 Å². The van der Waals surface area contributed by atoms with Crippen LogP contribution in [0.25, 0.3) is 0 Å². The number of carbonyl (C=O) groups is 1. The molecular weight excluding hydrogens is 348 g/mol. The van der Waals surface area contributed by atoms with E-state index in [1.807, 2.05) is 24.3 Å². The summed E-state index contributed by atoms with van der Waals surface area (Å²) in [6.07, 6.45) is 3.83. The van der Waals surface area contributed by atoms with Crippen molar-refractivity contribution in [3.63, 3.8) is 0 Å². The van der Waals surface area contributed by atoms with Crippen LogP contribution in [-0.2, 0) is 24.9 Å². The predicted octanol–water partition coefficient (Wildman–Crippen LogP) is 2.60. The number of aryl methyl sites for hydroxylation is 1. The average molecular weight is 373 g/mol. The highest BCUT2D eigenvalue weighted by atomic mass is 35.5. The second-order valence-electron chi connectivity index (χ2n) is 7.41. The molecule has 0 bridgehead atoms. The Labute approximate surface area is 159 Å². The van der Waals surface area contributed by atoms with Crippen molar-refractivity contribution in [1.29, 1.82) is 0 Å². The number of nitrogens with zero attached hydrogens (tertiary/aromatic N) is 3. The fourth-order valence-corrected chi connectivity index (χ4v) is 4.28. The van der Waals surface area contributed by atoms with Crippen LogP contribution >= 0.6 is 11.6 Å². The van der Waals surface area contributed by atoms with Crippen LogP contribution in [0.5, 0.6) is 0 Å². The summed E-state index contributed by atoms with van der Waals surface area (Å²) >= 11 is 5.99. The molecule has 1 N–H and O–H groups in total. The highest BCUT2D eigenvalue weighted by Gasteiger charge is 2.49. The maximum atomic E-state index is 12.7. The van der Waals surface area contributed by atoms with Crippen molar-refractivity contribution in [1.82, 2.24) is 19.7 Å². The van der Waals surface area contributed by atoms with Crippen LogP contribution in [0, 0.1) is 0 Å². The first-order chi connectivity index (χ1) is 12.6. The number of halogens is 1. The minimum absolute atomic E-state index is 0.185. The Hall–Kier alpha value is -1.82. The number of benzene rings is 1. The van der Waals surface area contributed by atoms with Crippen molar-refractivity contribution in [2.24, 2.45) is 7.05 Å². The second-order valence-corrected chi connectivity index (χ2v) is 7.84. The quantitative estimate of drug-likeness (QED) is 0.896. The molecule has 0 atom stereocenters. The van der Waals surface area contributed by atoms with Crippen molar-refractivity contribution in [2.75, 3.05) is 19.8 Å². The highest BCUT2D eigenvalue weighted by molar-refractivity contribution is 6.30. The van der Waals surface area contributed by atoms with Gasteiger partial charge in [0.15, 0.2) is 0 Å². The van der Waals surface area contributed by atoms with E-state index in [-0.39, 0.29) is 11.4 Å². The molecule has 0 saturated carbocycles. The van der Waals surface area contributed by atoms with Gasteiger partial charge in [-0.3, -0.25) is 14.6 Å². The third kappa shape index (κ3) is 3.27. The molecule has 5 nitrogen and oxygen atoms in total. The topological polar surface area (TPSA) is 40.5 Å². The Kier molecular flexibility index (Phi) is 4.78. The summed E-state index contributed by atoms with van der Waals surface area (Å²) in [6, 6.07) is 12.2. The number of likely N-dealkylation sites (tertiary alicyclic amines) is 1. The summed E-state index contributed by atoms with van der Waals surface area (Å²) in [5.41, 5.74) is 2.14. The summed E-state index contributed by atoms with van der Waals surface area (Å²) in [5.74, 6) is 0.185. The van der Waals surface area contributed by atoms with Crippen LogP contribution in [0.4, 0.5) is 0 Å². The maximum absolute atomic E-state index is 12.7. The Bertz CT molecular complexity index is 777. The number of amides is 1. The molecule has 1 aromatic heterocycles. The fourth-order valence-electron chi connectivity index (χ4n) is 4.16. The molecule has 4 rings (SSSR count). The van der Waals surface area contributed by atoms with Crippen molar-refractivity contribution in [3.05, 3.63) is 58.9 Å². The lowest BCUT2D eigenvalue weighted by atomic mass is 9.85. The molecule has 0 radical (unpaired) electrons. The molecule has 3 heterocycles. The molecule has 138 valence electrons. The van der Waals surface area contributed by atoms with Crippen molar-refractivity contribution < 1.29 is 4.79 Å².